The Morgan fingerprint density at radius 1 is 1.14 bits per heavy atom. The molecule has 0 aliphatic heterocycles. The molecule has 3 rings (SSSR count). The van der Waals surface area contributed by atoms with Crippen molar-refractivity contribution >= 4 is 0 Å². The van der Waals surface area contributed by atoms with E-state index in [1.807, 2.05) is 0 Å². The summed E-state index contributed by atoms with van der Waals surface area (Å²) in [7, 11) is 0. The van der Waals surface area contributed by atoms with E-state index in [2.05, 4.69) is 37.4 Å². The van der Waals surface area contributed by atoms with E-state index < -0.39 is 0 Å². The van der Waals surface area contributed by atoms with Crippen LogP contribution < -0.4 is 5.32 Å². The SMILES string of the molecule is CCNC(Cc1ccc2c(c1)CCC2)C1CCC(CC)C1. The maximum absolute atomic E-state index is 3.79. The first kappa shape index (κ1) is 15.1. The van der Waals surface area contributed by atoms with Gasteiger partial charge in [0.25, 0.3) is 0 Å². The maximum Gasteiger partial charge on any atom is 0.0136 e. The highest BCUT2D eigenvalue weighted by molar-refractivity contribution is 5.35. The Morgan fingerprint density at radius 3 is 2.76 bits per heavy atom. The molecule has 116 valence electrons. The number of hydrogen-bond acceptors (Lipinski definition) is 1. The molecule has 1 aromatic carbocycles. The molecule has 1 N–H and O–H groups in total. The summed E-state index contributed by atoms with van der Waals surface area (Å²) >= 11 is 0. The number of aryl methyl sites for hydroxylation is 2. The lowest BCUT2D eigenvalue weighted by Crippen LogP contribution is -2.37. The van der Waals surface area contributed by atoms with Crippen molar-refractivity contribution < 1.29 is 0 Å². The van der Waals surface area contributed by atoms with Crippen LogP contribution in [0.2, 0.25) is 0 Å². The third-order valence-electron chi connectivity index (χ3n) is 5.81. The Morgan fingerprint density at radius 2 is 2.00 bits per heavy atom. The Hall–Kier alpha value is -0.820. The Bertz CT molecular complexity index is 465. The van der Waals surface area contributed by atoms with Gasteiger partial charge in [-0.2, -0.15) is 0 Å². The van der Waals surface area contributed by atoms with Crippen LogP contribution in [0.4, 0.5) is 0 Å². The number of likely N-dealkylation sites (N-methyl/N-ethyl adjacent to an activating group) is 1. The molecule has 0 amide bonds. The minimum absolute atomic E-state index is 0.686. The Balaban J connectivity index is 1.67. The van der Waals surface area contributed by atoms with Crippen molar-refractivity contribution in [2.24, 2.45) is 11.8 Å². The van der Waals surface area contributed by atoms with Gasteiger partial charge in [0.05, 0.1) is 0 Å². The van der Waals surface area contributed by atoms with Gasteiger partial charge in [0, 0.05) is 6.04 Å². The topological polar surface area (TPSA) is 12.0 Å². The van der Waals surface area contributed by atoms with Crippen LogP contribution in [-0.2, 0) is 19.3 Å². The summed E-state index contributed by atoms with van der Waals surface area (Å²) in [5, 5.41) is 3.79. The van der Waals surface area contributed by atoms with Gasteiger partial charge in [-0.25, -0.2) is 0 Å². The van der Waals surface area contributed by atoms with Crippen LogP contribution in [0.3, 0.4) is 0 Å². The van der Waals surface area contributed by atoms with Gasteiger partial charge in [0.1, 0.15) is 0 Å². The van der Waals surface area contributed by atoms with Crippen molar-refractivity contribution in [1.82, 2.24) is 5.32 Å². The van der Waals surface area contributed by atoms with Gasteiger partial charge in [-0.3, -0.25) is 0 Å². The Kier molecular flexibility index (Phi) is 5.00. The first-order chi connectivity index (χ1) is 10.3. The summed E-state index contributed by atoms with van der Waals surface area (Å²) in [4.78, 5) is 0. The normalized spacial score (nSPS) is 26.0. The molecule has 1 aromatic rings. The summed E-state index contributed by atoms with van der Waals surface area (Å²) < 4.78 is 0. The first-order valence-corrected chi connectivity index (χ1v) is 9.14. The van der Waals surface area contributed by atoms with Crippen molar-refractivity contribution in [1.29, 1.82) is 0 Å². The second-order valence-corrected chi connectivity index (χ2v) is 7.17. The van der Waals surface area contributed by atoms with Crippen LogP contribution >= 0.6 is 0 Å². The largest absolute Gasteiger partial charge is 0.314 e. The molecule has 2 aliphatic carbocycles. The fraction of sp³-hybridized carbons (Fsp3) is 0.700. The maximum atomic E-state index is 3.79. The van der Waals surface area contributed by atoms with Crippen LogP contribution in [0, 0.1) is 11.8 Å². The average molecular weight is 285 g/mol. The monoisotopic (exact) mass is 285 g/mol. The van der Waals surface area contributed by atoms with Crippen LogP contribution in [0.1, 0.15) is 62.6 Å². The standard InChI is InChI=1S/C20H31N/c1-3-15-8-11-19(12-15)20(21-4-2)14-16-9-10-17-6-5-7-18(17)13-16/h9-10,13,15,19-21H,3-8,11-12,14H2,1-2H3. The smallest absolute Gasteiger partial charge is 0.0136 e. The second kappa shape index (κ2) is 6.96. The van der Waals surface area contributed by atoms with Gasteiger partial charge in [-0.15, -0.1) is 0 Å². The molecule has 1 saturated carbocycles. The second-order valence-electron chi connectivity index (χ2n) is 7.17. The summed E-state index contributed by atoms with van der Waals surface area (Å²) in [6, 6.07) is 7.97. The lowest BCUT2D eigenvalue weighted by atomic mass is 9.90. The number of hydrogen-bond donors (Lipinski definition) is 1. The van der Waals surface area contributed by atoms with E-state index in [1.165, 1.54) is 51.4 Å². The third kappa shape index (κ3) is 3.51. The van der Waals surface area contributed by atoms with Crippen molar-refractivity contribution in [3.8, 4) is 0 Å². The predicted molar refractivity (Wildman–Crippen MR) is 90.8 cm³/mol. The molecule has 1 heteroatoms. The summed E-state index contributed by atoms with van der Waals surface area (Å²) in [6.45, 7) is 5.71. The minimum atomic E-state index is 0.686. The molecular weight excluding hydrogens is 254 g/mol. The van der Waals surface area contributed by atoms with E-state index in [0.717, 1.165) is 18.4 Å². The van der Waals surface area contributed by atoms with Crippen LogP contribution in [0.15, 0.2) is 18.2 Å². The fourth-order valence-electron chi connectivity index (χ4n) is 4.52. The molecule has 0 bridgehead atoms. The zero-order chi connectivity index (χ0) is 14.7. The lowest BCUT2D eigenvalue weighted by molar-refractivity contribution is 0.349. The van der Waals surface area contributed by atoms with E-state index in [4.69, 9.17) is 0 Å². The molecule has 3 atom stereocenters. The molecule has 0 saturated heterocycles. The van der Waals surface area contributed by atoms with Gasteiger partial charge in [-0.1, -0.05) is 44.9 Å². The summed E-state index contributed by atoms with van der Waals surface area (Å²) in [5.41, 5.74) is 4.79. The zero-order valence-electron chi connectivity index (χ0n) is 13.8. The van der Waals surface area contributed by atoms with E-state index in [0.29, 0.717) is 6.04 Å². The third-order valence-corrected chi connectivity index (χ3v) is 5.81. The van der Waals surface area contributed by atoms with Gasteiger partial charge in [0.2, 0.25) is 0 Å². The van der Waals surface area contributed by atoms with Crippen molar-refractivity contribution in [3.63, 3.8) is 0 Å². The highest BCUT2D eigenvalue weighted by Gasteiger charge is 2.29. The molecule has 3 unspecified atom stereocenters. The molecule has 0 radical (unpaired) electrons. The lowest BCUT2D eigenvalue weighted by Gasteiger charge is -2.25. The van der Waals surface area contributed by atoms with Gasteiger partial charge in [-0.05, 0) is 73.6 Å². The first-order valence-electron chi connectivity index (χ1n) is 9.14. The highest BCUT2D eigenvalue weighted by Crippen LogP contribution is 2.36. The zero-order valence-corrected chi connectivity index (χ0v) is 13.8. The molecule has 0 aromatic heterocycles. The van der Waals surface area contributed by atoms with Crippen LogP contribution in [0.5, 0.6) is 0 Å². The Labute approximate surface area is 130 Å². The molecule has 0 spiro atoms. The number of nitrogens with one attached hydrogen (secondary N) is 1. The van der Waals surface area contributed by atoms with Crippen LogP contribution in [0.25, 0.3) is 0 Å². The van der Waals surface area contributed by atoms with Crippen LogP contribution in [-0.4, -0.2) is 12.6 Å². The van der Waals surface area contributed by atoms with E-state index in [9.17, 15) is 0 Å². The van der Waals surface area contributed by atoms with E-state index in [1.54, 1.807) is 16.7 Å². The molecule has 21 heavy (non-hydrogen) atoms. The molecule has 1 fully saturated rings. The van der Waals surface area contributed by atoms with Crippen molar-refractivity contribution in [2.75, 3.05) is 6.54 Å². The van der Waals surface area contributed by atoms with Crippen molar-refractivity contribution in [2.45, 2.75) is 71.3 Å². The quantitative estimate of drug-likeness (QED) is 0.810. The van der Waals surface area contributed by atoms with Crippen molar-refractivity contribution in [3.05, 3.63) is 34.9 Å². The van der Waals surface area contributed by atoms with Gasteiger partial charge in [0.15, 0.2) is 0 Å². The molecular formula is C20H31N. The molecule has 2 aliphatic rings. The molecule has 1 nitrogen and oxygen atoms in total. The van der Waals surface area contributed by atoms with Gasteiger partial charge < -0.3 is 5.32 Å². The number of rotatable bonds is 6. The predicted octanol–water partition coefficient (Wildman–Crippen LogP) is 4.52. The number of benzene rings is 1. The van der Waals surface area contributed by atoms with Gasteiger partial charge >= 0.3 is 0 Å². The summed E-state index contributed by atoms with van der Waals surface area (Å²) in [6.07, 6.45) is 10.9. The van der Waals surface area contributed by atoms with E-state index >= 15 is 0 Å². The van der Waals surface area contributed by atoms with E-state index in [-0.39, 0.29) is 0 Å². The highest BCUT2D eigenvalue weighted by atomic mass is 14.9. The number of fused-ring (bicyclic) bond motifs is 1. The summed E-state index contributed by atoms with van der Waals surface area (Å²) in [5.74, 6) is 1.87. The fourth-order valence-corrected chi connectivity index (χ4v) is 4.52. The molecule has 0 heterocycles. The average Bonchev–Trinajstić information content (AvgIpc) is 3.15. The minimum Gasteiger partial charge on any atom is -0.314 e.